The van der Waals surface area contributed by atoms with Gasteiger partial charge in [0.05, 0.1) is 12.3 Å². The van der Waals surface area contributed by atoms with Gasteiger partial charge in [0.2, 0.25) is 0 Å². The van der Waals surface area contributed by atoms with Crippen molar-refractivity contribution < 1.29 is 4.74 Å². The SMILES string of the molecule is CCCC(C)COCc1ccc(Cl)nn1. The molecule has 0 amide bonds. The van der Waals surface area contributed by atoms with Crippen molar-refractivity contribution in [3.8, 4) is 0 Å². The third-order valence-corrected chi connectivity index (χ3v) is 2.32. The van der Waals surface area contributed by atoms with Gasteiger partial charge in [-0.1, -0.05) is 31.9 Å². The molecule has 0 bridgehead atoms. The Hall–Kier alpha value is -0.670. The largest absolute Gasteiger partial charge is 0.375 e. The van der Waals surface area contributed by atoms with E-state index in [-0.39, 0.29) is 0 Å². The van der Waals surface area contributed by atoms with Gasteiger partial charge >= 0.3 is 0 Å². The van der Waals surface area contributed by atoms with Crippen molar-refractivity contribution in [2.75, 3.05) is 6.61 Å². The summed E-state index contributed by atoms with van der Waals surface area (Å²) in [4.78, 5) is 0. The van der Waals surface area contributed by atoms with Crippen LogP contribution in [0.2, 0.25) is 5.15 Å². The fraction of sp³-hybridized carbons (Fsp3) is 0.636. The third-order valence-electron chi connectivity index (χ3n) is 2.12. The summed E-state index contributed by atoms with van der Waals surface area (Å²) in [6.07, 6.45) is 2.40. The minimum Gasteiger partial charge on any atom is -0.375 e. The summed E-state index contributed by atoms with van der Waals surface area (Å²) in [7, 11) is 0. The average molecular weight is 229 g/mol. The maximum atomic E-state index is 5.62. The van der Waals surface area contributed by atoms with Crippen LogP contribution in [0.3, 0.4) is 0 Å². The molecular formula is C11H17ClN2O. The molecule has 0 aromatic carbocycles. The average Bonchev–Trinajstić information content (AvgIpc) is 2.21. The van der Waals surface area contributed by atoms with Crippen molar-refractivity contribution in [2.45, 2.75) is 33.3 Å². The van der Waals surface area contributed by atoms with E-state index in [0.717, 1.165) is 12.3 Å². The van der Waals surface area contributed by atoms with E-state index in [1.54, 1.807) is 6.07 Å². The van der Waals surface area contributed by atoms with Gasteiger partial charge in [-0.3, -0.25) is 0 Å². The normalized spacial score (nSPS) is 12.7. The van der Waals surface area contributed by atoms with Gasteiger partial charge in [0.15, 0.2) is 5.15 Å². The Bertz CT molecular complexity index is 276. The van der Waals surface area contributed by atoms with E-state index in [2.05, 4.69) is 24.0 Å². The van der Waals surface area contributed by atoms with Gasteiger partial charge in [-0.05, 0) is 24.5 Å². The Morgan fingerprint density at radius 2 is 2.20 bits per heavy atom. The summed E-state index contributed by atoms with van der Waals surface area (Å²) in [5, 5.41) is 8.08. The summed E-state index contributed by atoms with van der Waals surface area (Å²) < 4.78 is 5.53. The van der Waals surface area contributed by atoms with Crippen LogP contribution >= 0.6 is 11.6 Å². The second-order valence-electron chi connectivity index (χ2n) is 3.76. The Morgan fingerprint density at radius 1 is 1.40 bits per heavy atom. The molecule has 0 fully saturated rings. The first-order valence-corrected chi connectivity index (χ1v) is 5.66. The quantitative estimate of drug-likeness (QED) is 0.751. The minimum atomic E-state index is 0.415. The van der Waals surface area contributed by atoms with Crippen LogP contribution in [-0.2, 0) is 11.3 Å². The van der Waals surface area contributed by atoms with Crippen molar-refractivity contribution in [1.82, 2.24) is 10.2 Å². The van der Waals surface area contributed by atoms with Crippen LogP contribution in [0.25, 0.3) is 0 Å². The number of ether oxygens (including phenoxy) is 1. The summed E-state index contributed by atoms with van der Waals surface area (Å²) in [6, 6.07) is 3.56. The van der Waals surface area contributed by atoms with E-state index < -0.39 is 0 Å². The smallest absolute Gasteiger partial charge is 0.151 e. The highest BCUT2D eigenvalue weighted by atomic mass is 35.5. The first-order valence-electron chi connectivity index (χ1n) is 5.28. The maximum Gasteiger partial charge on any atom is 0.151 e. The lowest BCUT2D eigenvalue weighted by atomic mass is 10.1. The molecule has 0 aliphatic carbocycles. The van der Waals surface area contributed by atoms with E-state index in [0.29, 0.717) is 17.7 Å². The molecule has 1 aromatic heterocycles. The molecule has 1 heterocycles. The van der Waals surface area contributed by atoms with Gasteiger partial charge in [-0.15, -0.1) is 5.10 Å². The molecule has 0 spiro atoms. The Balaban J connectivity index is 2.22. The van der Waals surface area contributed by atoms with Gasteiger partial charge in [0, 0.05) is 6.61 Å². The predicted octanol–water partition coefficient (Wildman–Crippen LogP) is 3.08. The first kappa shape index (κ1) is 12.4. The number of halogens is 1. The predicted molar refractivity (Wildman–Crippen MR) is 60.8 cm³/mol. The van der Waals surface area contributed by atoms with E-state index >= 15 is 0 Å². The van der Waals surface area contributed by atoms with E-state index in [1.165, 1.54) is 12.8 Å². The molecule has 4 heteroatoms. The van der Waals surface area contributed by atoms with Gasteiger partial charge < -0.3 is 4.74 Å². The first-order chi connectivity index (χ1) is 7.22. The van der Waals surface area contributed by atoms with Gasteiger partial charge in [0.1, 0.15) is 0 Å². The van der Waals surface area contributed by atoms with Crippen molar-refractivity contribution >= 4 is 11.6 Å². The van der Waals surface area contributed by atoms with E-state index in [9.17, 15) is 0 Å². The second-order valence-corrected chi connectivity index (χ2v) is 4.14. The van der Waals surface area contributed by atoms with Crippen LogP contribution < -0.4 is 0 Å². The lowest BCUT2D eigenvalue weighted by Gasteiger charge is -2.09. The monoisotopic (exact) mass is 228 g/mol. The minimum absolute atomic E-state index is 0.415. The van der Waals surface area contributed by atoms with Crippen LogP contribution in [-0.4, -0.2) is 16.8 Å². The fourth-order valence-electron chi connectivity index (χ4n) is 1.36. The molecule has 0 aliphatic rings. The molecule has 84 valence electrons. The topological polar surface area (TPSA) is 35.0 Å². The zero-order valence-corrected chi connectivity index (χ0v) is 10.00. The van der Waals surface area contributed by atoms with Crippen LogP contribution in [0.1, 0.15) is 32.4 Å². The number of hydrogen-bond acceptors (Lipinski definition) is 3. The van der Waals surface area contributed by atoms with Gasteiger partial charge in [-0.25, -0.2) is 0 Å². The molecule has 3 nitrogen and oxygen atoms in total. The molecule has 1 aromatic rings. The highest BCUT2D eigenvalue weighted by Crippen LogP contribution is 2.07. The van der Waals surface area contributed by atoms with E-state index in [1.807, 2.05) is 6.07 Å². The molecule has 1 rings (SSSR count). The van der Waals surface area contributed by atoms with Crippen LogP contribution in [0, 0.1) is 5.92 Å². The fourth-order valence-corrected chi connectivity index (χ4v) is 1.46. The van der Waals surface area contributed by atoms with Crippen LogP contribution in [0.15, 0.2) is 12.1 Å². The third kappa shape index (κ3) is 5.09. The Labute approximate surface area is 95.8 Å². The molecule has 15 heavy (non-hydrogen) atoms. The number of nitrogens with zero attached hydrogens (tertiary/aromatic N) is 2. The molecule has 0 saturated carbocycles. The maximum absolute atomic E-state index is 5.62. The Kier molecular flexibility index (Phi) is 5.58. The molecule has 0 aliphatic heterocycles. The van der Waals surface area contributed by atoms with Crippen LogP contribution in [0.4, 0.5) is 0 Å². The lowest BCUT2D eigenvalue weighted by molar-refractivity contribution is 0.0867. The van der Waals surface area contributed by atoms with Crippen molar-refractivity contribution in [3.05, 3.63) is 23.0 Å². The van der Waals surface area contributed by atoms with Gasteiger partial charge in [0.25, 0.3) is 0 Å². The van der Waals surface area contributed by atoms with Crippen molar-refractivity contribution in [3.63, 3.8) is 0 Å². The van der Waals surface area contributed by atoms with E-state index in [4.69, 9.17) is 16.3 Å². The van der Waals surface area contributed by atoms with Crippen molar-refractivity contribution in [2.24, 2.45) is 5.92 Å². The Morgan fingerprint density at radius 3 is 2.80 bits per heavy atom. The molecule has 1 unspecified atom stereocenters. The number of hydrogen-bond donors (Lipinski definition) is 0. The molecule has 1 atom stereocenters. The number of rotatable bonds is 6. The molecule has 0 N–H and O–H groups in total. The molecular weight excluding hydrogens is 212 g/mol. The highest BCUT2D eigenvalue weighted by Gasteiger charge is 2.01. The molecule has 0 saturated heterocycles. The highest BCUT2D eigenvalue weighted by molar-refractivity contribution is 6.29. The van der Waals surface area contributed by atoms with Crippen LogP contribution in [0.5, 0.6) is 0 Å². The summed E-state index contributed by atoms with van der Waals surface area (Å²) in [6.45, 7) is 5.66. The zero-order chi connectivity index (χ0) is 11.1. The molecule has 0 radical (unpaired) electrons. The zero-order valence-electron chi connectivity index (χ0n) is 9.24. The summed E-state index contributed by atoms with van der Waals surface area (Å²) >= 11 is 5.62. The van der Waals surface area contributed by atoms with Gasteiger partial charge in [-0.2, -0.15) is 5.10 Å². The lowest BCUT2D eigenvalue weighted by Crippen LogP contribution is -2.06. The second kappa shape index (κ2) is 6.75. The standard InChI is InChI=1S/C11H17ClN2O/c1-3-4-9(2)7-15-8-10-5-6-11(12)14-13-10/h5-6,9H,3-4,7-8H2,1-2H3. The van der Waals surface area contributed by atoms with Crippen molar-refractivity contribution in [1.29, 1.82) is 0 Å². The summed E-state index contributed by atoms with van der Waals surface area (Å²) in [5.74, 6) is 0.607. The summed E-state index contributed by atoms with van der Waals surface area (Å²) in [5.41, 5.74) is 0.822. The number of aromatic nitrogens is 2.